The lowest BCUT2D eigenvalue weighted by Crippen LogP contribution is -2.13. The third-order valence-corrected chi connectivity index (χ3v) is 2.58. The Morgan fingerprint density at radius 2 is 2.14 bits per heavy atom. The molecule has 0 heterocycles. The number of carbonyl (C=O) groups is 1. The Labute approximate surface area is 86.3 Å². The van der Waals surface area contributed by atoms with E-state index in [9.17, 15) is 4.79 Å². The number of esters is 1. The molecule has 0 saturated carbocycles. The molecule has 0 aliphatic carbocycles. The number of hydrogen-bond acceptors (Lipinski definition) is 2. The van der Waals surface area contributed by atoms with Crippen LogP contribution in [-0.4, -0.2) is 12.6 Å². The zero-order chi connectivity index (χ0) is 11.2. The molecule has 78 valence electrons. The number of ether oxygens (including phenoxy) is 1. The van der Waals surface area contributed by atoms with Gasteiger partial charge in [-0.05, 0) is 18.8 Å². The monoisotopic (exact) mass is 194 g/mol. The molecular formula is C12H18O2. The maximum Gasteiger partial charge on any atom is 0.331 e. The van der Waals surface area contributed by atoms with E-state index in [1.165, 1.54) is 6.08 Å². The second kappa shape index (κ2) is 5.49. The standard InChI is InChI=1S/C12H18O2/c1-6-8-14-11(13)9-10(3)12(4,5)7-2/h1,9H,7-8H2,2-5H3/b10-9+. The lowest BCUT2D eigenvalue weighted by atomic mass is 9.82. The van der Waals surface area contributed by atoms with Crippen LogP contribution in [0.3, 0.4) is 0 Å². The van der Waals surface area contributed by atoms with Gasteiger partial charge in [0.05, 0.1) is 0 Å². The van der Waals surface area contributed by atoms with Crippen LogP contribution in [0.5, 0.6) is 0 Å². The first kappa shape index (κ1) is 12.8. The average molecular weight is 194 g/mol. The van der Waals surface area contributed by atoms with E-state index in [2.05, 4.69) is 26.7 Å². The van der Waals surface area contributed by atoms with Crippen LogP contribution in [0, 0.1) is 17.8 Å². The molecule has 0 aliphatic heterocycles. The lowest BCUT2D eigenvalue weighted by Gasteiger charge is -2.23. The molecule has 0 spiro atoms. The van der Waals surface area contributed by atoms with Crippen LogP contribution in [0.1, 0.15) is 34.1 Å². The minimum absolute atomic E-state index is 0.0369. The van der Waals surface area contributed by atoms with Crippen molar-refractivity contribution in [3.05, 3.63) is 11.6 Å². The van der Waals surface area contributed by atoms with Crippen molar-refractivity contribution in [1.82, 2.24) is 0 Å². The molecule has 2 heteroatoms. The Morgan fingerprint density at radius 3 is 2.57 bits per heavy atom. The third-order valence-electron chi connectivity index (χ3n) is 2.58. The summed E-state index contributed by atoms with van der Waals surface area (Å²) in [5.74, 6) is 1.89. The van der Waals surface area contributed by atoms with Gasteiger partial charge < -0.3 is 4.74 Å². The second-order valence-corrected chi connectivity index (χ2v) is 3.88. The van der Waals surface area contributed by atoms with Crippen molar-refractivity contribution >= 4 is 5.97 Å². The summed E-state index contributed by atoms with van der Waals surface area (Å²) in [5.41, 5.74) is 1.05. The number of terminal acetylenes is 1. The summed E-state index contributed by atoms with van der Waals surface area (Å²) < 4.78 is 4.75. The van der Waals surface area contributed by atoms with Crippen molar-refractivity contribution in [2.24, 2.45) is 5.41 Å². The first-order valence-electron chi connectivity index (χ1n) is 4.73. The summed E-state index contributed by atoms with van der Waals surface area (Å²) >= 11 is 0. The van der Waals surface area contributed by atoms with E-state index in [0.29, 0.717) is 0 Å². The number of carbonyl (C=O) groups excluding carboxylic acids is 1. The molecule has 0 aromatic carbocycles. The topological polar surface area (TPSA) is 26.3 Å². The zero-order valence-corrected chi connectivity index (χ0v) is 9.39. The Balaban J connectivity index is 4.38. The van der Waals surface area contributed by atoms with Gasteiger partial charge in [-0.25, -0.2) is 4.79 Å². The SMILES string of the molecule is C#CCOC(=O)/C=C(\C)C(C)(C)CC. The minimum atomic E-state index is -0.359. The van der Waals surface area contributed by atoms with Crippen LogP contribution >= 0.6 is 0 Å². The van der Waals surface area contributed by atoms with Gasteiger partial charge >= 0.3 is 5.97 Å². The highest BCUT2D eigenvalue weighted by Gasteiger charge is 2.18. The van der Waals surface area contributed by atoms with Gasteiger partial charge in [-0.15, -0.1) is 6.42 Å². The van der Waals surface area contributed by atoms with Crippen molar-refractivity contribution in [3.8, 4) is 12.3 Å². The largest absolute Gasteiger partial charge is 0.449 e. The van der Waals surface area contributed by atoms with Crippen LogP contribution < -0.4 is 0 Å². The molecule has 0 N–H and O–H groups in total. The van der Waals surface area contributed by atoms with Gasteiger partial charge in [-0.1, -0.05) is 32.3 Å². The molecule has 0 aromatic rings. The van der Waals surface area contributed by atoms with Crippen molar-refractivity contribution in [2.45, 2.75) is 34.1 Å². The normalized spacial score (nSPS) is 12.1. The fraction of sp³-hybridized carbons (Fsp3) is 0.583. The molecule has 0 fully saturated rings. The van der Waals surface area contributed by atoms with Crippen LogP contribution in [0.15, 0.2) is 11.6 Å². The van der Waals surface area contributed by atoms with E-state index in [1.807, 2.05) is 6.92 Å². The highest BCUT2D eigenvalue weighted by atomic mass is 16.5. The molecule has 0 aromatic heterocycles. The van der Waals surface area contributed by atoms with Crippen molar-refractivity contribution in [2.75, 3.05) is 6.61 Å². The molecule has 0 atom stereocenters. The number of allylic oxidation sites excluding steroid dienone is 1. The van der Waals surface area contributed by atoms with E-state index in [-0.39, 0.29) is 18.0 Å². The Hall–Kier alpha value is -1.23. The Morgan fingerprint density at radius 1 is 1.57 bits per heavy atom. The van der Waals surface area contributed by atoms with Crippen LogP contribution in [0.25, 0.3) is 0 Å². The Kier molecular flexibility index (Phi) is 5.01. The molecule has 14 heavy (non-hydrogen) atoms. The van der Waals surface area contributed by atoms with Crippen molar-refractivity contribution in [1.29, 1.82) is 0 Å². The summed E-state index contributed by atoms with van der Waals surface area (Å²) in [4.78, 5) is 11.2. The predicted octanol–water partition coefficient (Wildman–Crippen LogP) is 2.55. The molecule has 0 saturated heterocycles. The third kappa shape index (κ3) is 4.13. The summed E-state index contributed by atoms with van der Waals surface area (Å²) in [6, 6.07) is 0. The molecule has 0 rings (SSSR count). The fourth-order valence-corrected chi connectivity index (χ4v) is 0.805. The number of rotatable bonds is 4. The molecule has 2 nitrogen and oxygen atoms in total. The van der Waals surface area contributed by atoms with Crippen LogP contribution in [-0.2, 0) is 9.53 Å². The van der Waals surface area contributed by atoms with E-state index < -0.39 is 0 Å². The van der Waals surface area contributed by atoms with Crippen LogP contribution in [0.2, 0.25) is 0 Å². The maximum atomic E-state index is 11.2. The first-order valence-corrected chi connectivity index (χ1v) is 4.73. The van der Waals surface area contributed by atoms with Gasteiger partial charge in [-0.3, -0.25) is 0 Å². The van der Waals surface area contributed by atoms with E-state index in [1.54, 1.807) is 0 Å². The van der Waals surface area contributed by atoms with Gasteiger partial charge in [0.2, 0.25) is 0 Å². The van der Waals surface area contributed by atoms with E-state index >= 15 is 0 Å². The van der Waals surface area contributed by atoms with Crippen molar-refractivity contribution in [3.63, 3.8) is 0 Å². The molecule has 0 aliphatic rings. The first-order chi connectivity index (χ1) is 6.44. The highest BCUT2D eigenvalue weighted by Crippen LogP contribution is 2.29. The summed E-state index contributed by atoms with van der Waals surface area (Å²) in [6.45, 7) is 8.24. The molecule has 0 radical (unpaired) electrons. The highest BCUT2D eigenvalue weighted by molar-refractivity contribution is 5.83. The van der Waals surface area contributed by atoms with Gasteiger partial charge in [0.25, 0.3) is 0 Å². The molecule has 0 unspecified atom stereocenters. The average Bonchev–Trinajstić information content (AvgIpc) is 2.14. The molecule has 0 bridgehead atoms. The summed E-state index contributed by atoms with van der Waals surface area (Å²) in [5, 5.41) is 0. The van der Waals surface area contributed by atoms with Gasteiger partial charge in [0.15, 0.2) is 6.61 Å². The van der Waals surface area contributed by atoms with Gasteiger partial charge in [0.1, 0.15) is 0 Å². The van der Waals surface area contributed by atoms with Gasteiger partial charge in [-0.2, -0.15) is 0 Å². The van der Waals surface area contributed by atoms with E-state index in [4.69, 9.17) is 11.2 Å². The molecule has 0 amide bonds. The number of hydrogen-bond donors (Lipinski definition) is 0. The molecular weight excluding hydrogens is 176 g/mol. The maximum absolute atomic E-state index is 11.2. The zero-order valence-electron chi connectivity index (χ0n) is 9.39. The Bertz CT molecular complexity index is 267. The second-order valence-electron chi connectivity index (χ2n) is 3.88. The van der Waals surface area contributed by atoms with E-state index in [0.717, 1.165) is 12.0 Å². The summed E-state index contributed by atoms with van der Waals surface area (Å²) in [6.07, 6.45) is 7.47. The fourth-order valence-electron chi connectivity index (χ4n) is 0.805. The smallest absolute Gasteiger partial charge is 0.331 e. The summed E-state index contributed by atoms with van der Waals surface area (Å²) in [7, 11) is 0. The minimum Gasteiger partial charge on any atom is -0.449 e. The lowest BCUT2D eigenvalue weighted by molar-refractivity contribution is -0.136. The van der Waals surface area contributed by atoms with Crippen molar-refractivity contribution < 1.29 is 9.53 Å². The van der Waals surface area contributed by atoms with Crippen LogP contribution in [0.4, 0.5) is 0 Å². The van der Waals surface area contributed by atoms with Gasteiger partial charge in [0, 0.05) is 6.08 Å². The quantitative estimate of drug-likeness (QED) is 0.390. The predicted molar refractivity (Wildman–Crippen MR) is 57.6 cm³/mol.